The lowest BCUT2D eigenvalue weighted by molar-refractivity contribution is -0.0451. The van der Waals surface area contributed by atoms with Gasteiger partial charge in [-0.1, -0.05) is 41.5 Å². The zero-order chi connectivity index (χ0) is 15.4. The summed E-state index contributed by atoms with van der Waals surface area (Å²) in [6, 6.07) is 2.20. The van der Waals surface area contributed by atoms with Crippen molar-refractivity contribution in [2.45, 2.75) is 85.4 Å². The van der Waals surface area contributed by atoms with E-state index in [1.807, 2.05) is 0 Å². The number of fused-ring (bicyclic) bond motifs is 2. The van der Waals surface area contributed by atoms with Gasteiger partial charge in [0, 0.05) is 31.2 Å². The summed E-state index contributed by atoms with van der Waals surface area (Å²) in [5.74, 6) is 1.69. The molecule has 2 heteroatoms. The maximum absolute atomic E-state index is 3.82. The van der Waals surface area contributed by atoms with Crippen molar-refractivity contribution in [1.29, 1.82) is 0 Å². The third kappa shape index (κ3) is 2.37. The van der Waals surface area contributed by atoms with E-state index in [1.54, 1.807) is 0 Å². The second kappa shape index (κ2) is 5.23. The van der Waals surface area contributed by atoms with Crippen LogP contribution in [0.15, 0.2) is 0 Å². The first-order valence-electron chi connectivity index (χ1n) is 9.28. The van der Waals surface area contributed by atoms with Crippen molar-refractivity contribution in [2.75, 3.05) is 13.1 Å². The second-order valence-electron chi connectivity index (χ2n) is 9.34. The highest BCUT2D eigenvalue weighted by Crippen LogP contribution is 2.64. The molecule has 5 unspecified atom stereocenters. The summed E-state index contributed by atoms with van der Waals surface area (Å²) in [6.07, 6.45) is 5.68. The fourth-order valence-corrected chi connectivity index (χ4v) is 6.09. The lowest BCUT2D eigenvalue weighted by atomic mass is 9.67. The average Bonchev–Trinajstić information content (AvgIpc) is 2.89. The Morgan fingerprint density at radius 2 is 1.95 bits per heavy atom. The summed E-state index contributed by atoms with van der Waals surface area (Å²) >= 11 is 0. The molecule has 3 aliphatic rings. The van der Waals surface area contributed by atoms with E-state index in [0.717, 1.165) is 23.9 Å². The maximum atomic E-state index is 3.82. The van der Waals surface area contributed by atoms with Crippen molar-refractivity contribution in [3.8, 4) is 0 Å². The van der Waals surface area contributed by atoms with Gasteiger partial charge in [-0.05, 0) is 48.3 Å². The van der Waals surface area contributed by atoms with E-state index in [9.17, 15) is 0 Å². The largest absolute Gasteiger partial charge is 0.311 e. The Kier molecular flexibility index (Phi) is 3.94. The van der Waals surface area contributed by atoms with Gasteiger partial charge in [0.15, 0.2) is 0 Å². The van der Waals surface area contributed by atoms with Crippen LogP contribution in [0.2, 0.25) is 0 Å². The maximum Gasteiger partial charge on any atom is 0.0222 e. The average molecular weight is 293 g/mol. The smallest absolute Gasteiger partial charge is 0.0222 e. The molecule has 2 saturated carbocycles. The zero-order valence-electron chi connectivity index (χ0n) is 15.1. The molecule has 0 spiro atoms. The number of piperazine rings is 1. The minimum Gasteiger partial charge on any atom is -0.311 e. The van der Waals surface area contributed by atoms with Crippen LogP contribution in [0.3, 0.4) is 0 Å². The van der Waals surface area contributed by atoms with Gasteiger partial charge < -0.3 is 5.32 Å². The van der Waals surface area contributed by atoms with Crippen LogP contribution in [0.4, 0.5) is 0 Å². The highest BCUT2D eigenvalue weighted by atomic mass is 15.3. The Labute approximate surface area is 132 Å². The Morgan fingerprint density at radius 3 is 2.48 bits per heavy atom. The molecule has 1 heterocycles. The fourth-order valence-electron chi connectivity index (χ4n) is 6.09. The molecule has 0 aromatic carbocycles. The standard InChI is InChI=1S/C19H36N2/c1-7-15-11-20-16(13(2)3)12-21(15)17-18(4,5)14-8-9-19(17,6)10-14/h13-17,20H,7-12H2,1-6H3. The first kappa shape index (κ1) is 15.8. The van der Waals surface area contributed by atoms with E-state index in [2.05, 4.69) is 51.8 Å². The molecule has 0 aromatic rings. The van der Waals surface area contributed by atoms with Crippen LogP contribution < -0.4 is 5.32 Å². The molecule has 0 aromatic heterocycles. The number of nitrogens with one attached hydrogen (secondary N) is 1. The topological polar surface area (TPSA) is 15.3 Å². The summed E-state index contributed by atoms with van der Waals surface area (Å²) < 4.78 is 0. The third-order valence-electron chi connectivity index (χ3n) is 7.29. The number of hydrogen-bond acceptors (Lipinski definition) is 2. The lowest BCUT2D eigenvalue weighted by Gasteiger charge is -2.54. The van der Waals surface area contributed by atoms with Crippen LogP contribution in [0.5, 0.6) is 0 Å². The predicted molar refractivity (Wildman–Crippen MR) is 90.4 cm³/mol. The van der Waals surface area contributed by atoms with Gasteiger partial charge in [0.2, 0.25) is 0 Å². The molecule has 2 bridgehead atoms. The molecule has 1 aliphatic heterocycles. The van der Waals surface area contributed by atoms with Crippen molar-refractivity contribution in [3.05, 3.63) is 0 Å². The van der Waals surface area contributed by atoms with E-state index in [0.29, 0.717) is 16.9 Å². The molecule has 0 radical (unpaired) electrons. The lowest BCUT2D eigenvalue weighted by Crippen LogP contribution is -2.65. The molecular weight excluding hydrogens is 256 g/mol. The fraction of sp³-hybridized carbons (Fsp3) is 1.00. The molecule has 1 N–H and O–H groups in total. The van der Waals surface area contributed by atoms with Crippen LogP contribution in [0.1, 0.15) is 67.2 Å². The van der Waals surface area contributed by atoms with Crippen LogP contribution in [0, 0.1) is 22.7 Å². The van der Waals surface area contributed by atoms with E-state index in [4.69, 9.17) is 0 Å². The summed E-state index contributed by atoms with van der Waals surface area (Å²) in [4.78, 5) is 2.94. The normalized spacial score (nSPS) is 46.4. The van der Waals surface area contributed by atoms with Gasteiger partial charge in [-0.25, -0.2) is 0 Å². The molecule has 2 nitrogen and oxygen atoms in total. The molecule has 3 fully saturated rings. The second-order valence-corrected chi connectivity index (χ2v) is 9.34. The van der Waals surface area contributed by atoms with Gasteiger partial charge in [0.05, 0.1) is 0 Å². The van der Waals surface area contributed by atoms with Crippen molar-refractivity contribution in [1.82, 2.24) is 10.2 Å². The van der Waals surface area contributed by atoms with Gasteiger partial charge in [0.25, 0.3) is 0 Å². The van der Waals surface area contributed by atoms with Crippen LogP contribution in [0.25, 0.3) is 0 Å². The predicted octanol–water partition coefficient (Wildman–Crippen LogP) is 3.91. The summed E-state index contributed by atoms with van der Waals surface area (Å²) in [5, 5.41) is 3.82. The minimum atomic E-state index is 0.499. The van der Waals surface area contributed by atoms with Gasteiger partial charge in [-0.3, -0.25) is 4.90 Å². The Hall–Kier alpha value is -0.0800. The van der Waals surface area contributed by atoms with Crippen molar-refractivity contribution < 1.29 is 0 Å². The zero-order valence-corrected chi connectivity index (χ0v) is 15.1. The van der Waals surface area contributed by atoms with Crippen LogP contribution >= 0.6 is 0 Å². The highest BCUT2D eigenvalue weighted by molar-refractivity contribution is 5.14. The van der Waals surface area contributed by atoms with Gasteiger partial charge >= 0.3 is 0 Å². The SMILES string of the molecule is CCC1CNC(C(C)C)CN1C1C2(C)CCC(C2)C1(C)C. The van der Waals surface area contributed by atoms with Crippen molar-refractivity contribution >= 4 is 0 Å². The van der Waals surface area contributed by atoms with Gasteiger partial charge in [0.1, 0.15) is 0 Å². The summed E-state index contributed by atoms with van der Waals surface area (Å²) in [7, 11) is 0. The number of hydrogen-bond donors (Lipinski definition) is 1. The molecule has 122 valence electrons. The molecule has 0 amide bonds. The van der Waals surface area contributed by atoms with E-state index in [-0.39, 0.29) is 0 Å². The third-order valence-corrected chi connectivity index (χ3v) is 7.29. The molecular formula is C19H36N2. The summed E-state index contributed by atoms with van der Waals surface area (Å²) in [6.45, 7) is 17.3. The first-order valence-corrected chi connectivity index (χ1v) is 9.28. The van der Waals surface area contributed by atoms with Gasteiger partial charge in [-0.15, -0.1) is 0 Å². The first-order chi connectivity index (χ1) is 9.79. The molecule has 21 heavy (non-hydrogen) atoms. The van der Waals surface area contributed by atoms with Crippen molar-refractivity contribution in [2.24, 2.45) is 22.7 Å². The Balaban J connectivity index is 1.88. The number of nitrogens with zero attached hydrogens (tertiary/aromatic N) is 1. The molecule has 2 aliphatic carbocycles. The summed E-state index contributed by atoms with van der Waals surface area (Å²) in [5.41, 5.74) is 1.07. The molecule has 3 rings (SSSR count). The Bertz CT molecular complexity index is 384. The van der Waals surface area contributed by atoms with Crippen molar-refractivity contribution in [3.63, 3.8) is 0 Å². The highest BCUT2D eigenvalue weighted by Gasteiger charge is 2.61. The van der Waals surface area contributed by atoms with Crippen LogP contribution in [-0.4, -0.2) is 36.1 Å². The van der Waals surface area contributed by atoms with E-state index >= 15 is 0 Å². The monoisotopic (exact) mass is 292 g/mol. The quantitative estimate of drug-likeness (QED) is 0.848. The molecule has 1 saturated heterocycles. The van der Waals surface area contributed by atoms with E-state index in [1.165, 1.54) is 38.8 Å². The number of rotatable bonds is 3. The minimum absolute atomic E-state index is 0.499. The van der Waals surface area contributed by atoms with Crippen LogP contribution in [-0.2, 0) is 0 Å². The molecule has 5 atom stereocenters. The Morgan fingerprint density at radius 1 is 1.24 bits per heavy atom. The van der Waals surface area contributed by atoms with E-state index < -0.39 is 0 Å². The van der Waals surface area contributed by atoms with Gasteiger partial charge in [-0.2, -0.15) is 0 Å².